The molecule has 0 aliphatic carbocycles. The zero-order chi connectivity index (χ0) is 14.9. The van der Waals surface area contributed by atoms with Crippen LogP contribution in [0.4, 0.5) is 0 Å². The van der Waals surface area contributed by atoms with Crippen molar-refractivity contribution in [3.8, 4) is 11.5 Å². The lowest BCUT2D eigenvalue weighted by Crippen LogP contribution is -2.26. The first kappa shape index (κ1) is 15.4. The van der Waals surface area contributed by atoms with E-state index in [2.05, 4.69) is 24.1 Å². The van der Waals surface area contributed by atoms with Crippen molar-refractivity contribution < 1.29 is 9.47 Å². The predicted molar refractivity (Wildman–Crippen MR) is 86.1 cm³/mol. The van der Waals surface area contributed by atoms with Gasteiger partial charge in [-0.1, -0.05) is 30.3 Å². The van der Waals surface area contributed by atoms with Crippen LogP contribution in [0.5, 0.6) is 11.5 Å². The van der Waals surface area contributed by atoms with Crippen molar-refractivity contribution in [2.75, 3.05) is 33.9 Å². The molecule has 112 valence electrons. The Balaban J connectivity index is 1.66. The number of hydrogen-bond donors (Lipinski definition) is 0. The average Bonchev–Trinajstić information content (AvgIpc) is 2.54. The van der Waals surface area contributed by atoms with Gasteiger partial charge in [-0.3, -0.25) is 0 Å². The van der Waals surface area contributed by atoms with Crippen LogP contribution in [0.2, 0.25) is 0 Å². The molecule has 0 radical (unpaired) electrons. The van der Waals surface area contributed by atoms with Gasteiger partial charge in [-0.05, 0) is 43.3 Å². The van der Waals surface area contributed by atoms with E-state index < -0.39 is 0 Å². The standard InChI is InChI=1S/C18H23NO2/c1-19(14-15-21-18-6-4-3-5-7-18)13-12-16-8-10-17(20-2)11-9-16/h3-11H,12-15H2,1-2H3. The van der Waals surface area contributed by atoms with Gasteiger partial charge < -0.3 is 14.4 Å². The minimum absolute atomic E-state index is 0.711. The third-order valence-corrected chi connectivity index (χ3v) is 3.43. The zero-order valence-corrected chi connectivity index (χ0v) is 12.8. The van der Waals surface area contributed by atoms with E-state index in [0.717, 1.165) is 31.0 Å². The molecule has 0 aliphatic heterocycles. The normalized spacial score (nSPS) is 10.6. The molecule has 0 spiro atoms. The van der Waals surface area contributed by atoms with E-state index in [4.69, 9.17) is 9.47 Å². The molecule has 0 amide bonds. The van der Waals surface area contributed by atoms with Crippen LogP contribution in [0, 0.1) is 0 Å². The molecule has 0 atom stereocenters. The van der Waals surface area contributed by atoms with Crippen LogP contribution < -0.4 is 9.47 Å². The van der Waals surface area contributed by atoms with Crippen LogP contribution in [0.1, 0.15) is 5.56 Å². The van der Waals surface area contributed by atoms with E-state index in [1.54, 1.807) is 7.11 Å². The highest BCUT2D eigenvalue weighted by molar-refractivity contribution is 5.27. The fourth-order valence-electron chi connectivity index (χ4n) is 2.06. The van der Waals surface area contributed by atoms with Gasteiger partial charge in [0.05, 0.1) is 7.11 Å². The number of benzene rings is 2. The lowest BCUT2D eigenvalue weighted by molar-refractivity contribution is 0.239. The molecule has 0 saturated carbocycles. The zero-order valence-electron chi connectivity index (χ0n) is 12.8. The van der Waals surface area contributed by atoms with Crippen LogP contribution in [0.25, 0.3) is 0 Å². The van der Waals surface area contributed by atoms with Crippen LogP contribution in [-0.4, -0.2) is 38.8 Å². The molecular formula is C18H23NO2. The molecule has 0 bridgehead atoms. The molecule has 3 nitrogen and oxygen atoms in total. The number of likely N-dealkylation sites (N-methyl/N-ethyl adjacent to an activating group) is 1. The first-order valence-corrected chi connectivity index (χ1v) is 7.27. The van der Waals surface area contributed by atoms with Crippen molar-refractivity contribution in [1.82, 2.24) is 4.90 Å². The van der Waals surface area contributed by atoms with Gasteiger partial charge in [0.25, 0.3) is 0 Å². The van der Waals surface area contributed by atoms with E-state index in [0.29, 0.717) is 6.61 Å². The number of nitrogens with zero attached hydrogens (tertiary/aromatic N) is 1. The summed E-state index contributed by atoms with van der Waals surface area (Å²) in [5.74, 6) is 1.84. The molecule has 3 heteroatoms. The Labute approximate surface area is 127 Å². The lowest BCUT2D eigenvalue weighted by atomic mass is 10.1. The van der Waals surface area contributed by atoms with E-state index in [9.17, 15) is 0 Å². The number of ether oxygens (including phenoxy) is 2. The molecule has 0 heterocycles. The molecule has 0 fully saturated rings. The Hall–Kier alpha value is -2.00. The molecular weight excluding hydrogens is 262 g/mol. The van der Waals surface area contributed by atoms with Crippen molar-refractivity contribution in [2.24, 2.45) is 0 Å². The summed E-state index contributed by atoms with van der Waals surface area (Å²) in [5.41, 5.74) is 1.33. The van der Waals surface area contributed by atoms with E-state index >= 15 is 0 Å². The first-order chi connectivity index (χ1) is 10.3. The molecule has 0 saturated heterocycles. The first-order valence-electron chi connectivity index (χ1n) is 7.27. The Bertz CT molecular complexity index is 511. The van der Waals surface area contributed by atoms with Crippen molar-refractivity contribution in [3.63, 3.8) is 0 Å². The fourth-order valence-corrected chi connectivity index (χ4v) is 2.06. The highest BCUT2D eigenvalue weighted by Gasteiger charge is 2.01. The van der Waals surface area contributed by atoms with Crippen LogP contribution in [0.3, 0.4) is 0 Å². The summed E-state index contributed by atoms with van der Waals surface area (Å²) >= 11 is 0. The second-order valence-electron chi connectivity index (χ2n) is 5.06. The minimum atomic E-state index is 0.711. The van der Waals surface area contributed by atoms with Gasteiger partial charge in [-0.2, -0.15) is 0 Å². The second kappa shape index (κ2) is 8.32. The Morgan fingerprint density at radius 2 is 1.57 bits per heavy atom. The molecule has 0 unspecified atom stereocenters. The number of rotatable bonds is 8. The second-order valence-corrected chi connectivity index (χ2v) is 5.06. The van der Waals surface area contributed by atoms with Crippen molar-refractivity contribution in [1.29, 1.82) is 0 Å². The smallest absolute Gasteiger partial charge is 0.119 e. The largest absolute Gasteiger partial charge is 0.497 e. The molecule has 21 heavy (non-hydrogen) atoms. The quantitative estimate of drug-likeness (QED) is 0.743. The van der Waals surface area contributed by atoms with Crippen LogP contribution in [0.15, 0.2) is 54.6 Å². The Morgan fingerprint density at radius 3 is 2.24 bits per heavy atom. The maximum Gasteiger partial charge on any atom is 0.119 e. The monoisotopic (exact) mass is 285 g/mol. The highest BCUT2D eigenvalue weighted by Crippen LogP contribution is 2.12. The highest BCUT2D eigenvalue weighted by atomic mass is 16.5. The van der Waals surface area contributed by atoms with Crippen molar-refractivity contribution in [3.05, 3.63) is 60.2 Å². The summed E-state index contributed by atoms with van der Waals surface area (Å²) in [6.45, 7) is 2.65. The molecule has 2 rings (SSSR count). The van der Waals surface area contributed by atoms with Gasteiger partial charge in [0.15, 0.2) is 0 Å². The summed E-state index contributed by atoms with van der Waals surface area (Å²) < 4.78 is 10.9. The molecule has 2 aromatic carbocycles. The summed E-state index contributed by atoms with van der Waals surface area (Å²) in [5, 5.41) is 0. The van der Waals surface area contributed by atoms with E-state index in [-0.39, 0.29) is 0 Å². The number of methoxy groups -OCH3 is 1. The Morgan fingerprint density at radius 1 is 0.857 bits per heavy atom. The van der Waals surface area contributed by atoms with Gasteiger partial charge in [0, 0.05) is 13.1 Å². The van der Waals surface area contributed by atoms with E-state index in [1.807, 2.05) is 42.5 Å². The van der Waals surface area contributed by atoms with Crippen LogP contribution >= 0.6 is 0 Å². The predicted octanol–water partition coefficient (Wildman–Crippen LogP) is 3.25. The van der Waals surface area contributed by atoms with Gasteiger partial charge >= 0.3 is 0 Å². The lowest BCUT2D eigenvalue weighted by Gasteiger charge is -2.17. The molecule has 2 aromatic rings. The summed E-state index contributed by atoms with van der Waals surface area (Å²) in [6, 6.07) is 18.2. The molecule has 0 aliphatic rings. The SMILES string of the molecule is COc1ccc(CCN(C)CCOc2ccccc2)cc1. The van der Waals surface area contributed by atoms with Crippen molar-refractivity contribution in [2.45, 2.75) is 6.42 Å². The summed E-state index contributed by atoms with van der Waals surface area (Å²) in [4.78, 5) is 2.28. The van der Waals surface area contributed by atoms with E-state index in [1.165, 1.54) is 5.56 Å². The van der Waals surface area contributed by atoms with Gasteiger partial charge in [-0.15, -0.1) is 0 Å². The summed E-state index contributed by atoms with van der Waals surface area (Å²) in [6.07, 6.45) is 1.03. The Kier molecular flexibility index (Phi) is 6.10. The summed E-state index contributed by atoms with van der Waals surface area (Å²) in [7, 11) is 3.81. The third kappa shape index (κ3) is 5.48. The van der Waals surface area contributed by atoms with Gasteiger partial charge in [0.2, 0.25) is 0 Å². The van der Waals surface area contributed by atoms with Gasteiger partial charge in [0.1, 0.15) is 18.1 Å². The van der Waals surface area contributed by atoms with Crippen molar-refractivity contribution >= 4 is 0 Å². The minimum Gasteiger partial charge on any atom is -0.497 e. The van der Waals surface area contributed by atoms with Gasteiger partial charge in [-0.25, -0.2) is 0 Å². The maximum atomic E-state index is 5.70. The number of para-hydroxylation sites is 1. The maximum absolute atomic E-state index is 5.70. The molecule has 0 aromatic heterocycles. The average molecular weight is 285 g/mol. The van der Waals surface area contributed by atoms with Crippen LogP contribution in [-0.2, 0) is 6.42 Å². The third-order valence-electron chi connectivity index (χ3n) is 3.43. The number of hydrogen-bond acceptors (Lipinski definition) is 3. The fraction of sp³-hybridized carbons (Fsp3) is 0.333. The topological polar surface area (TPSA) is 21.7 Å². The molecule has 0 N–H and O–H groups in total.